The molecule has 0 atom stereocenters. The fourth-order valence-electron chi connectivity index (χ4n) is 2.01. The largest absolute Gasteiger partial charge is 0.360 e. The minimum atomic E-state index is -1.23. The minimum absolute atomic E-state index is 0.298. The molecule has 1 aromatic heterocycles. The van der Waals surface area contributed by atoms with Crippen molar-refractivity contribution in [2.75, 3.05) is 5.32 Å². The Hall–Kier alpha value is -2.63. The third kappa shape index (κ3) is 3.97. The zero-order chi connectivity index (χ0) is 17.0. The summed E-state index contributed by atoms with van der Waals surface area (Å²) in [7, 11) is 0. The number of nitrogens with zero attached hydrogens (tertiary/aromatic N) is 1. The highest BCUT2D eigenvalue weighted by Crippen LogP contribution is 2.19. The lowest BCUT2D eigenvalue weighted by atomic mass is 9.91. The second kappa shape index (κ2) is 6.64. The summed E-state index contributed by atoms with van der Waals surface area (Å²) >= 11 is 0. The maximum Gasteiger partial charge on any atom is 0.240 e. The van der Waals surface area contributed by atoms with Gasteiger partial charge in [0.25, 0.3) is 0 Å². The number of benzene rings is 1. The highest BCUT2D eigenvalue weighted by molar-refractivity contribution is 6.09. The average Bonchev–Trinajstić information content (AvgIpc) is 2.91. The van der Waals surface area contributed by atoms with Crippen LogP contribution in [0.4, 0.5) is 5.82 Å². The van der Waals surface area contributed by atoms with Crippen LogP contribution in [0.3, 0.4) is 0 Å². The van der Waals surface area contributed by atoms with Gasteiger partial charge in [-0.25, -0.2) is 0 Å². The van der Waals surface area contributed by atoms with Crippen molar-refractivity contribution < 1.29 is 14.1 Å². The molecule has 1 heterocycles. The summed E-state index contributed by atoms with van der Waals surface area (Å²) in [6.45, 7) is 7.23. The predicted molar refractivity (Wildman–Crippen MR) is 86.7 cm³/mol. The maximum absolute atomic E-state index is 12.4. The van der Waals surface area contributed by atoms with Crippen molar-refractivity contribution in [2.24, 2.45) is 5.41 Å². The normalized spacial score (nSPS) is 11.1. The molecule has 1 aromatic carbocycles. The molecule has 2 N–H and O–H groups in total. The molecule has 0 saturated carbocycles. The number of nitrogens with one attached hydrogen (secondary N) is 2. The molecule has 0 aliphatic rings. The lowest BCUT2D eigenvalue weighted by Crippen LogP contribution is -2.45. The Morgan fingerprint density at radius 2 is 1.87 bits per heavy atom. The van der Waals surface area contributed by atoms with Crippen molar-refractivity contribution >= 4 is 17.6 Å². The van der Waals surface area contributed by atoms with Crippen LogP contribution in [0, 0.1) is 19.3 Å². The number of rotatable bonds is 5. The molecule has 0 radical (unpaired) electrons. The first kappa shape index (κ1) is 16.7. The summed E-state index contributed by atoms with van der Waals surface area (Å²) in [5, 5.41) is 9.09. The van der Waals surface area contributed by atoms with Gasteiger partial charge in [-0.05, 0) is 38.8 Å². The van der Waals surface area contributed by atoms with Crippen molar-refractivity contribution in [2.45, 2.75) is 34.2 Å². The predicted octanol–water partition coefficient (Wildman–Crippen LogP) is 2.57. The van der Waals surface area contributed by atoms with E-state index in [4.69, 9.17) is 4.52 Å². The number of aryl methyl sites for hydroxylation is 2. The quantitative estimate of drug-likeness (QED) is 0.831. The highest BCUT2D eigenvalue weighted by atomic mass is 16.5. The average molecular weight is 315 g/mol. The van der Waals surface area contributed by atoms with Crippen molar-refractivity contribution in [3.8, 4) is 0 Å². The Balaban J connectivity index is 1.99. The van der Waals surface area contributed by atoms with E-state index in [0.717, 1.165) is 11.1 Å². The molecule has 2 aromatic rings. The molecule has 0 unspecified atom stereocenters. The van der Waals surface area contributed by atoms with Gasteiger partial charge in [-0.3, -0.25) is 9.59 Å². The molecule has 0 spiro atoms. The van der Waals surface area contributed by atoms with E-state index < -0.39 is 11.3 Å². The Kier molecular flexibility index (Phi) is 4.83. The van der Waals surface area contributed by atoms with E-state index in [2.05, 4.69) is 15.8 Å². The summed E-state index contributed by atoms with van der Waals surface area (Å²) in [5.74, 6) is 0.0981. The fraction of sp³-hybridized carbons (Fsp3) is 0.353. The van der Waals surface area contributed by atoms with Gasteiger partial charge < -0.3 is 15.2 Å². The Bertz CT molecular complexity index is 719. The standard InChI is InChI=1S/C17H21N3O3/c1-11-7-5-6-8-13(11)10-18-15(21)17(3,4)16(22)19-14-9-12(2)23-20-14/h5-9H,10H2,1-4H3,(H,18,21)(H,19,20,22). The zero-order valence-corrected chi connectivity index (χ0v) is 13.8. The molecule has 0 bridgehead atoms. The summed E-state index contributed by atoms with van der Waals surface area (Å²) in [6, 6.07) is 9.38. The number of hydrogen-bond donors (Lipinski definition) is 2. The van der Waals surface area contributed by atoms with Gasteiger partial charge >= 0.3 is 0 Å². The Morgan fingerprint density at radius 1 is 1.17 bits per heavy atom. The van der Waals surface area contributed by atoms with Crippen LogP contribution in [0.1, 0.15) is 30.7 Å². The van der Waals surface area contributed by atoms with Gasteiger partial charge in [0.05, 0.1) is 0 Å². The molecule has 0 saturated heterocycles. The second-order valence-electron chi connectivity index (χ2n) is 6.01. The molecule has 6 heteroatoms. The SMILES string of the molecule is Cc1cc(NC(=O)C(C)(C)C(=O)NCc2ccccc2C)no1. The number of carbonyl (C=O) groups excluding carboxylic acids is 2. The van der Waals surface area contributed by atoms with E-state index in [9.17, 15) is 9.59 Å². The van der Waals surface area contributed by atoms with E-state index in [1.165, 1.54) is 0 Å². The smallest absolute Gasteiger partial charge is 0.240 e. The molecule has 6 nitrogen and oxygen atoms in total. The second-order valence-corrected chi connectivity index (χ2v) is 6.01. The molecule has 2 rings (SSSR count). The first-order valence-electron chi connectivity index (χ1n) is 7.38. The van der Waals surface area contributed by atoms with E-state index >= 15 is 0 Å². The Morgan fingerprint density at radius 3 is 2.48 bits per heavy atom. The van der Waals surface area contributed by atoms with E-state index in [1.54, 1.807) is 26.8 Å². The van der Waals surface area contributed by atoms with Crippen molar-refractivity contribution in [3.05, 3.63) is 47.2 Å². The van der Waals surface area contributed by atoms with Gasteiger partial charge in [0.15, 0.2) is 5.82 Å². The monoisotopic (exact) mass is 315 g/mol. The van der Waals surface area contributed by atoms with Crippen molar-refractivity contribution in [1.29, 1.82) is 0 Å². The van der Waals surface area contributed by atoms with Crippen LogP contribution in [0.15, 0.2) is 34.9 Å². The molecule has 122 valence electrons. The van der Waals surface area contributed by atoms with E-state index in [0.29, 0.717) is 18.1 Å². The molecule has 23 heavy (non-hydrogen) atoms. The van der Waals surface area contributed by atoms with Crippen LogP contribution in [0.25, 0.3) is 0 Å². The number of anilines is 1. The van der Waals surface area contributed by atoms with Gasteiger partial charge in [0.2, 0.25) is 11.8 Å². The topological polar surface area (TPSA) is 84.2 Å². The summed E-state index contributed by atoms with van der Waals surface area (Å²) in [4.78, 5) is 24.7. The van der Waals surface area contributed by atoms with Gasteiger partial charge in [0.1, 0.15) is 11.2 Å². The van der Waals surface area contributed by atoms with E-state index in [-0.39, 0.29) is 5.91 Å². The number of aromatic nitrogens is 1. The van der Waals surface area contributed by atoms with Crippen LogP contribution in [-0.2, 0) is 16.1 Å². The third-order valence-corrected chi connectivity index (χ3v) is 3.71. The summed E-state index contributed by atoms with van der Waals surface area (Å²) in [6.07, 6.45) is 0. The summed E-state index contributed by atoms with van der Waals surface area (Å²) < 4.78 is 4.89. The molecule has 0 fully saturated rings. The van der Waals surface area contributed by atoms with Crippen LogP contribution in [-0.4, -0.2) is 17.0 Å². The number of carbonyl (C=O) groups is 2. The van der Waals surface area contributed by atoms with Gasteiger partial charge in [-0.15, -0.1) is 0 Å². The van der Waals surface area contributed by atoms with Gasteiger partial charge in [-0.2, -0.15) is 0 Å². The van der Waals surface area contributed by atoms with Crippen molar-refractivity contribution in [3.63, 3.8) is 0 Å². The zero-order valence-electron chi connectivity index (χ0n) is 13.8. The van der Waals surface area contributed by atoms with Crippen LogP contribution in [0.5, 0.6) is 0 Å². The fourth-order valence-corrected chi connectivity index (χ4v) is 2.01. The van der Waals surface area contributed by atoms with Crippen LogP contribution in [0.2, 0.25) is 0 Å². The molecular weight excluding hydrogens is 294 g/mol. The molecule has 0 aliphatic carbocycles. The van der Waals surface area contributed by atoms with E-state index in [1.807, 2.05) is 31.2 Å². The van der Waals surface area contributed by atoms with Crippen LogP contribution < -0.4 is 10.6 Å². The lowest BCUT2D eigenvalue weighted by Gasteiger charge is -2.22. The number of hydrogen-bond acceptors (Lipinski definition) is 4. The van der Waals surface area contributed by atoms with Crippen LogP contribution >= 0.6 is 0 Å². The number of amides is 2. The summed E-state index contributed by atoms with van der Waals surface area (Å²) in [5.41, 5.74) is 0.882. The molecule has 0 aliphatic heterocycles. The first-order chi connectivity index (χ1) is 10.8. The molecular formula is C17H21N3O3. The third-order valence-electron chi connectivity index (χ3n) is 3.71. The van der Waals surface area contributed by atoms with Crippen molar-refractivity contribution in [1.82, 2.24) is 10.5 Å². The first-order valence-corrected chi connectivity index (χ1v) is 7.38. The Labute approximate surface area is 135 Å². The maximum atomic E-state index is 12.4. The lowest BCUT2D eigenvalue weighted by molar-refractivity contribution is -0.138. The van der Waals surface area contributed by atoms with Gasteiger partial charge in [-0.1, -0.05) is 29.4 Å². The highest BCUT2D eigenvalue weighted by Gasteiger charge is 2.36. The van der Waals surface area contributed by atoms with Gasteiger partial charge in [0, 0.05) is 12.6 Å². The minimum Gasteiger partial charge on any atom is -0.360 e. The molecule has 2 amide bonds.